The maximum atomic E-state index is 9.48. The summed E-state index contributed by atoms with van der Waals surface area (Å²) in [6, 6.07) is 14.9. The van der Waals surface area contributed by atoms with E-state index in [9.17, 15) is 5.11 Å². The Morgan fingerprint density at radius 3 is 2.84 bits per heavy atom. The van der Waals surface area contributed by atoms with E-state index in [1.54, 1.807) is 0 Å². The smallest absolute Gasteiger partial charge is 0.0918 e. The highest BCUT2D eigenvalue weighted by molar-refractivity contribution is 5.74. The van der Waals surface area contributed by atoms with E-state index < -0.39 is 0 Å². The number of benzene rings is 2. The molecule has 2 N–H and O–H groups in total. The molecule has 0 radical (unpaired) electrons. The van der Waals surface area contributed by atoms with Crippen LogP contribution in [0.3, 0.4) is 0 Å². The summed E-state index contributed by atoms with van der Waals surface area (Å²) in [6.07, 6.45) is 5.44. The molecule has 1 atom stereocenters. The van der Waals surface area contributed by atoms with Crippen molar-refractivity contribution in [2.45, 2.75) is 32.4 Å². The lowest BCUT2D eigenvalue weighted by molar-refractivity contribution is 0.300. The molecule has 31 heavy (non-hydrogen) atoms. The van der Waals surface area contributed by atoms with Crippen molar-refractivity contribution < 1.29 is 5.11 Å². The van der Waals surface area contributed by atoms with Crippen LogP contribution in [-0.4, -0.2) is 36.5 Å². The molecule has 158 valence electrons. The second-order valence-electron chi connectivity index (χ2n) is 8.07. The van der Waals surface area contributed by atoms with Crippen molar-refractivity contribution in [3.8, 4) is 22.4 Å². The summed E-state index contributed by atoms with van der Waals surface area (Å²) in [5, 5.41) is 26.3. The molecule has 1 aliphatic heterocycles. The zero-order valence-corrected chi connectivity index (χ0v) is 17.8. The van der Waals surface area contributed by atoms with Crippen molar-refractivity contribution in [3.63, 3.8) is 0 Å². The molecule has 1 aliphatic rings. The number of anilines is 1. The molecule has 2 aromatic carbocycles. The summed E-state index contributed by atoms with van der Waals surface area (Å²) in [7, 11) is 1.93. The lowest BCUT2D eigenvalue weighted by atomic mass is 9.92. The van der Waals surface area contributed by atoms with Crippen molar-refractivity contribution in [2.75, 3.05) is 11.9 Å². The molecule has 0 saturated carbocycles. The predicted molar refractivity (Wildman–Crippen MR) is 121 cm³/mol. The van der Waals surface area contributed by atoms with E-state index in [1.165, 1.54) is 5.56 Å². The van der Waals surface area contributed by atoms with Crippen LogP contribution >= 0.6 is 0 Å². The zero-order chi connectivity index (χ0) is 21.4. The highest BCUT2D eigenvalue weighted by atomic mass is 16.2. The predicted octanol–water partition coefficient (Wildman–Crippen LogP) is 3.75. The van der Waals surface area contributed by atoms with Gasteiger partial charge < -0.3 is 10.4 Å². The summed E-state index contributed by atoms with van der Waals surface area (Å²) in [4.78, 5) is 0. The molecule has 0 fully saturated rings. The number of hydrogen-bond acceptors (Lipinski definition) is 5. The Bertz CT molecular complexity index is 1220. The Morgan fingerprint density at radius 2 is 2.03 bits per heavy atom. The molecule has 2 aromatic heterocycles. The maximum absolute atomic E-state index is 9.48. The van der Waals surface area contributed by atoms with Crippen molar-refractivity contribution >= 4 is 5.69 Å². The second-order valence-corrected chi connectivity index (χ2v) is 8.07. The van der Waals surface area contributed by atoms with Gasteiger partial charge in [-0.3, -0.25) is 4.68 Å². The average Bonchev–Trinajstić information content (AvgIpc) is 3.33. The fraction of sp³-hybridized carbons (Fsp3) is 0.292. The molecule has 0 aliphatic carbocycles. The van der Waals surface area contributed by atoms with E-state index in [1.807, 2.05) is 47.9 Å². The van der Waals surface area contributed by atoms with E-state index in [0.717, 1.165) is 52.3 Å². The number of nitrogens with one attached hydrogen (secondary N) is 1. The van der Waals surface area contributed by atoms with E-state index in [0.29, 0.717) is 6.42 Å². The standard InChI is InChI=1S/C24H26N6O/c1-16-24-20-8-7-18(19-14-25-29(2)15-19)13-21(20)23(9-11-30(24)28-27-16)26-22-6-4-3-5-17(22)10-12-31/h3-8,13-15,23,26,31H,9-12H2,1-2H3. The quantitative estimate of drug-likeness (QED) is 0.520. The van der Waals surface area contributed by atoms with Crippen molar-refractivity contribution in [1.29, 1.82) is 0 Å². The Morgan fingerprint density at radius 1 is 1.16 bits per heavy atom. The Kier molecular flexibility index (Phi) is 5.03. The minimum absolute atomic E-state index is 0.104. The number of para-hydroxylation sites is 1. The summed E-state index contributed by atoms with van der Waals surface area (Å²) in [5.74, 6) is 0. The first kappa shape index (κ1) is 19.5. The fourth-order valence-electron chi connectivity index (χ4n) is 4.45. The maximum Gasteiger partial charge on any atom is 0.0918 e. The van der Waals surface area contributed by atoms with Gasteiger partial charge >= 0.3 is 0 Å². The van der Waals surface area contributed by atoms with Gasteiger partial charge in [0.25, 0.3) is 0 Å². The van der Waals surface area contributed by atoms with Gasteiger partial charge in [0.15, 0.2) is 0 Å². The first-order valence-electron chi connectivity index (χ1n) is 10.6. The van der Waals surface area contributed by atoms with Gasteiger partial charge in [-0.2, -0.15) is 5.10 Å². The largest absolute Gasteiger partial charge is 0.396 e. The van der Waals surface area contributed by atoms with E-state index >= 15 is 0 Å². The van der Waals surface area contributed by atoms with Crippen molar-refractivity contribution in [1.82, 2.24) is 24.8 Å². The number of fused-ring (bicyclic) bond motifs is 3. The molecule has 1 unspecified atom stereocenters. The second kappa shape index (κ2) is 8.00. The molecule has 0 bridgehead atoms. The normalized spacial score (nSPS) is 15.3. The van der Waals surface area contributed by atoms with Crippen LogP contribution in [0.5, 0.6) is 0 Å². The van der Waals surface area contributed by atoms with Crippen LogP contribution in [0.15, 0.2) is 54.9 Å². The first-order chi connectivity index (χ1) is 15.1. The Labute approximate surface area is 181 Å². The van der Waals surface area contributed by atoms with Gasteiger partial charge in [-0.15, -0.1) is 5.10 Å². The molecular weight excluding hydrogens is 388 g/mol. The highest BCUT2D eigenvalue weighted by Gasteiger charge is 2.26. The van der Waals surface area contributed by atoms with Crippen LogP contribution in [0.2, 0.25) is 0 Å². The number of rotatable bonds is 5. The van der Waals surface area contributed by atoms with Crippen molar-refractivity contribution in [3.05, 3.63) is 71.7 Å². The minimum atomic E-state index is 0.104. The summed E-state index contributed by atoms with van der Waals surface area (Å²) in [6.45, 7) is 2.93. The zero-order valence-electron chi connectivity index (χ0n) is 17.8. The third-order valence-electron chi connectivity index (χ3n) is 5.98. The number of aliphatic hydroxyl groups excluding tert-OH is 1. The van der Waals surface area contributed by atoms with Gasteiger partial charge in [0.1, 0.15) is 0 Å². The van der Waals surface area contributed by atoms with E-state index in [4.69, 9.17) is 0 Å². The van der Waals surface area contributed by atoms with Crippen molar-refractivity contribution in [2.24, 2.45) is 7.05 Å². The molecule has 5 rings (SSSR count). The monoisotopic (exact) mass is 414 g/mol. The molecule has 0 spiro atoms. The summed E-state index contributed by atoms with van der Waals surface area (Å²) in [5.41, 5.74) is 8.83. The summed E-state index contributed by atoms with van der Waals surface area (Å²) >= 11 is 0. The number of aryl methyl sites for hydroxylation is 3. The highest BCUT2D eigenvalue weighted by Crippen LogP contribution is 2.39. The molecular formula is C24H26N6O. The SMILES string of the molecule is Cc1nnn2c1-c1ccc(-c3cnn(C)c3)cc1C(Nc1ccccc1CCO)CC2. The molecule has 0 saturated heterocycles. The van der Waals surface area contributed by atoms with E-state index in [-0.39, 0.29) is 12.6 Å². The molecule has 0 amide bonds. The third-order valence-corrected chi connectivity index (χ3v) is 5.98. The fourth-order valence-corrected chi connectivity index (χ4v) is 4.45. The summed E-state index contributed by atoms with van der Waals surface area (Å²) < 4.78 is 3.84. The minimum Gasteiger partial charge on any atom is -0.396 e. The Balaban J connectivity index is 1.62. The lowest BCUT2D eigenvalue weighted by Gasteiger charge is -2.23. The third kappa shape index (κ3) is 3.61. The first-order valence-corrected chi connectivity index (χ1v) is 10.6. The van der Waals surface area contributed by atoms with Crippen LogP contribution < -0.4 is 5.32 Å². The van der Waals surface area contributed by atoms with Crippen LogP contribution in [0.25, 0.3) is 22.4 Å². The number of aliphatic hydroxyl groups is 1. The molecule has 3 heterocycles. The van der Waals surface area contributed by atoms with E-state index in [2.05, 4.69) is 51.1 Å². The molecule has 7 heteroatoms. The average molecular weight is 415 g/mol. The number of aromatic nitrogens is 5. The van der Waals surface area contributed by atoms with Crippen LogP contribution in [0, 0.1) is 6.92 Å². The van der Waals surface area contributed by atoms with Gasteiger partial charge in [0.05, 0.1) is 23.6 Å². The number of hydrogen-bond donors (Lipinski definition) is 2. The topological polar surface area (TPSA) is 80.8 Å². The molecule has 7 nitrogen and oxygen atoms in total. The van der Waals surface area contributed by atoms with Crippen LogP contribution in [-0.2, 0) is 20.0 Å². The lowest BCUT2D eigenvalue weighted by Crippen LogP contribution is -2.14. The Hall–Kier alpha value is -3.45. The molecule has 4 aromatic rings. The number of nitrogens with zero attached hydrogens (tertiary/aromatic N) is 5. The van der Waals surface area contributed by atoms with Gasteiger partial charge in [0.2, 0.25) is 0 Å². The van der Waals surface area contributed by atoms with Gasteiger partial charge in [0, 0.05) is 43.2 Å². The van der Waals surface area contributed by atoms with Crippen LogP contribution in [0.4, 0.5) is 5.69 Å². The van der Waals surface area contributed by atoms with Gasteiger partial charge in [-0.1, -0.05) is 35.5 Å². The van der Waals surface area contributed by atoms with Gasteiger partial charge in [-0.25, -0.2) is 4.68 Å². The van der Waals surface area contributed by atoms with Crippen LogP contribution in [0.1, 0.15) is 29.3 Å². The van der Waals surface area contributed by atoms with Gasteiger partial charge in [-0.05, 0) is 48.6 Å².